The first-order valence-corrected chi connectivity index (χ1v) is 8.08. The maximum atomic E-state index is 13.7. The van der Waals surface area contributed by atoms with E-state index < -0.39 is 0 Å². The molecule has 24 heavy (non-hydrogen) atoms. The van der Waals surface area contributed by atoms with Crippen molar-refractivity contribution >= 4 is 17.2 Å². The van der Waals surface area contributed by atoms with Crippen LogP contribution in [0.2, 0.25) is 0 Å². The Morgan fingerprint density at radius 2 is 2.08 bits per heavy atom. The quantitative estimate of drug-likeness (QED) is 0.843. The van der Waals surface area contributed by atoms with Crippen LogP contribution in [-0.4, -0.2) is 21.6 Å². The summed E-state index contributed by atoms with van der Waals surface area (Å²) >= 11 is 6.02. The molecule has 0 saturated carbocycles. The van der Waals surface area contributed by atoms with Crippen molar-refractivity contribution in [2.45, 2.75) is 24.3 Å². The van der Waals surface area contributed by atoms with Crippen molar-refractivity contribution in [3.63, 3.8) is 0 Å². The zero-order valence-electron chi connectivity index (χ0n) is 12.9. The van der Waals surface area contributed by atoms with Gasteiger partial charge in [0, 0.05) is 18.0 Å². The third kappa shape index (κ3) is 4.19. The van der Waals surface area contributed by atoms with Crippen LogP contribution in [0.5, 0.6) is 0 Å². The Hall–Kier alpha value is -2.24. The molecule has 1 aromatic heterocycles. The predicted molar refractivity (Wildman–Crippen MR) is 92.0 cm³/mol. The van der Waals surface area contributed by atoms with Gasteiger partial charge in [-0.1, -0.05) is 53.7 Å². The minimum absolute atomic E-state index is 0.153. The summed E-state index contributed by atoms with van der Waals surface area (Å²) in [4.78, 5) is 4.36. The number of nitrogens with zero attached hydrogens (tertiary/aromatic N) is 2. The van der Waals surface area contributed by atoms with Gasteiger partial charge in [-0.3, -0.25) is 0 Å². The highest BCUT2D eigenvalue weighted by atomic mass is 35.5. The molecule has 1 aromatic carbocycles. The number of benzene rings is 1. The Kier molecular flexibility index (Phi) is 5.23. The Labute approximate surface area is 144 Å². The summed E-state index contributed by atoms with van der Waals surface area (Å²) in [5.41, 5.74) is 7.48. The van der Waals surface area contributed by atoms with Crippen molar-refractivity contribution in [1.82, 2.24) is 10.1 Å². The summed E-state index contributed by atoms with van der Waals surface area (Å²) in [6.07, 6.45) is 10.1. The average molecular weight is 346 g/mol. The van der Waals surface area contributed by atoms with Gasteiger partial charge in [-0.2, -0.15) is 4.98 Å². The van der Waals surface area contributed by atoms with Gasteiger partial charge in [0.15, 0.2) is 0 Å². The van der Waals surface area contributed by atoms with Gasteiger partial charge >= 0.3 is 0 Å². The number of hydrogen-bond acceptors (Lipinski definition) is 4. The van der Waals surface area contributed by atoms with E-state index in [0.29, 0.717) is 30.1 Å². The van der Waals surface area contributed by atoms with Crippen molar-refractivity contribution in [1.29, 1.82) is 0 Å². The molecule has 0 aliphatic heterocycles. The second-order valence-corrected chi connectivity index (χ2v) is 6.09. The topological polar surface area (TPSA) is 64.9 Å². The molecular weight excluding hydrogens is 329 g/mol. The molecule has 0 saturated heterocycles. The molecule has 0 radical (unpaired) electrons. The summed E-state index contributed by atoms with van der Waals surface area (Å²) in [6, 6.07) is 6.29. The van der Waals surface area contributed by atoms with Crippen LogP contribution in [-0.2, 0) is 12.8 Å². The van der Waals surface area contributed by atoms with E-state index in [1.807, 2.05) is 30.4 Å². The molecule has 6 heteroatoms. The number of aromatic nitrogens is 2. The molecule has 4 nitrogen and oxygen atoms in total. The Morgan fingerprint density at radius 3 is 2.92 bits per heavy atom. The van der Waals surface area contributed by atoms with E-state index >= 15 is 0 Å². The lowest BCUT2D eigenvalue weighted by Crippen LogP contribution is -2.26. The van der Waals surface area contributed by atoms with Gasteiger partial charge < -0.3 is 10.3 Å². The van der Waals surface area contributed by atoms with E-state index in [1.54, 1.807) is 18.2 Å². The summed E-state index contributed by atoms with van der Waals surface area (Å²) < 4.78 is 18.9. The molecule has 0 bridgehead atoms. The molecule has 1 heterocycles. The number of hydrogen-bond donors (Lipinski definition) is 1. The van der Waals surface area contributed by atoms with Gasteiger partial charge in [0.2, 0.25) is 11.7 Å². The third-order valence-electron chi connectivity index (χ3n) is 3.63. The Balaban J connectivity index is 1.66. The summed E-state index contributed by atoms with van der Waals surface area (Å²) in [5, 5.41) is 3.82. The molecule has 0 fully saturated rings. The third-order valence-corrected chi connectivity index (χ3v) is 3.92. The lowest BCUT2D eigenvalue weighted by molar-refractivity contribution is 0.366. The zero-order chi connectivity index (χ0) is 16.9. The van der Waals surface area contributed by atoms with Crippen molar-refractivity contribution in [3.8, 4) is 0 Å². The van der Waals surface area contributed by atoms with Crippen molar-refractivity contribution in [3.05, 3.63) is 77.7 Å². The fourth-order valence-corrected chi connectivity index (χ4v) is 2.58. The number of rotatable bonds is 5. The van der Waals surface area contributed by atoms with Gasteiger partial charge in [0.25, 0.3) is 0 Å². The molecule has 1 aliphatic rings. The minimum Gasteiger partial charge on any atom is -0.339 e. The SMILES string of the molecule is NC(Cc1nc(C2=CC=CC(Cl)C=C2)no1)Cc1ccccc1F. The van der Waals surface area contributed by atoms with Crippen LogP contribution >= 0.6 is 11.6 Å². The van der Waals surface area contributed by atoms with Gasteiger partial charge in [0.05, 0.1) is 5.38 Å². The lowest BCUT2D eigenvalue weighted by atomic mass is 10.0. The van der Waals surface area contributed by atoms with Crippen LogP contribution in [0.1, 0.15) is 17.3 Å². The molecular formula is C18H17ClFN3O. The highest BCUT2D eigenvalue weighted by Crippen LogP contribution is 2.18. The van der Waals surface area contributed by atoms with Gasteiger partial charge in [-0.15, -0.1) is 11.6 Å². The zero-order valence-corrected chi connectivity index (χ0v) is 13.7. The van der Waals surface area contributed by atoms with Crippen molar-refractivity contribution in [2.24, 2.45) is 5.73 Å². The molecule has 2 unspecified atom stereocenters. The molecule has 0 spiro atoms. The summed E-state index contributed by atoms with van der Waals surface area (Å²) in [7, 11) is 0. The maximum Gasteiger partial charge on any atom is 0.228 e. The van der Waals surface area contributed by atoms with Crippen LogP contribution < -0.4 is 5.73 Å². The highest BCUT2D eigenvalue weighted by molar-refractivity contribution is 6.23. The van der Waals surface area contributed by atoms with E-state index in [-0.39, 0.29) is 17.2 Å². The van der Waals surface area contributed by atoms with Crippen molar-refractivity contribution < 1.29 is 8.91 Å². The first kappa shape index (κ1) is 16.6. The Morgan fingerprint density at radius 1 is 1.25 bits per heavy atom. The first-order valence-electron chi connectivity index (χ1n) is 7.64. The molecule has 3 rings (SSSR count). The average Bonchev–Trinajstić information content (AvgIpc) is 2.90. The van der Waals surface area contributed by atoms with Crippen LogP contribution in [0.25, 0.3) is 5.57 Å². The first-order chi connectivity index (χ1) is 11.6. The second kappa shape index (κ2) is 7.55. The second-order valence-electron chi connectivity index (χ2n) is 5.58. The standard InChI is InChI=1S/C18H17ClFN3O/c19-14-6-3-5-12(8-9-14)18-22-17(24-23-18)11-15(21)10-13-4-1-2-7-16(13)20/h1-9,14-15H,10-11,21H2. The van der Waals surface area contributed by atoms with E-state index in [4.69, 9.17) is 21.9 Å². The van der Waals surface area contributed by atoms with E-state index in [0.717, 1.165) is 5.57 Å². The number of alkyl halides is 1. The van der Waals surface area contributed by atoms with Crippen LogP contribution in [0.3, 0.4) is 0 Å². The minimum atomic E-state index is -0.305. The lowest BCUT2D eigenvalue weighted by Gasteiger charge is -2.09. The fourth-order valence-electron chi connectivity index (χ4n) is 2.43. The van der Waals surface area contributed by atoms with Crippen molar-refractivity contribution in [2.75, 3.05) is 0 Å². The largest absolute Gasteiger partial charge is 0.339 e. The smallest absolute Gasteiger partial charge is 0.228 e. The van der Waals surface area contributed by atoms with E-state index in [9.17, 15) is 4.39 Å². The monoisotopic (exact) mass is 345 g/mol. The van der Waals surface area contributed by atoms with Gasteiger partial charge in [-0.05, 0) is 18.1 Å². The molecule has 2 N–H and O–H groups in total. The van der Waals surface area contributed by atoms with Gasteiger partial charge in [0.1, 0.15) is 5.82 Å². The Bertz CT molecular complexity index is 797. The fraction of sp³-hybridized carbons (Fsp3) is 0.222. The number of halogens is 2. The molecule has 2 atom stereocenters. The predicted octanol–water partition coefficient (Wildman–Crippen LogP) is 3.44. The normalized spacial score (nSPS) is 18.3. The van der Waals surface area contributed by atoms with E-state index in [1.165, 1.54) is 6.07 Å². The van der Waals surface area contributed by atoms with Gasteiger partial charge in [-0.25, -0.2) is 4.39 Å². The molecule has 2 aromatic rings. The number of nitrogens with two attached hydrogens (primary N) is 1. The molecule has 1 aliphatic carbocycles. The van der Waals surface area contributed by atoms with Crippen LogP contribution in [0.4, 0.5) is 4.39 Å². The summed E-state index contributed by atoms with van der Waals surface area (Å²) in [6.45, 7) is 0. The van der Waals surface area contributed by atoms with E-state index in [2.05, 4.69) is 10.1 Å². The highest BCUT2D eigenvalue weighted by Gasteiger charge is 2.15. The number of allylic oxidation sites excluding steroid dienone is 6. The van der Waals surface area contributed by atoms with Crippen LogP contribution in [0.15, 0.2) is 59.2 Å². The molecule has 124 valence electrons. The maximum absolute atomic E-state index is 13.7. The molecule has 0 amide bonds. The van der Waals surface area contributed by atoms with Crippen LogP contribution in [0, 0.1) is 5.82 Å². The summed E-state index contributed by atoms with van der Waals surface area (Å²) in [5.74, 6) is 0.656.